The molecule has 3 aromatic carbocycles. The Bertz CT molecular complexity index is 1220. The highest BCUT2D eigenvalue weighted by Crippen LogP contribution is 2.44. The lowest BCUT2D eigenvalue weighted by molar-refractivity contribution is -0.116. The van der Waals surface area contributed by atoms with Crippen molar-refractivity contribution in [2.45, 2.75) is 51.0 Å². The fraction of sp³-hybridized carbons (Fsp3) is 0.276. The summed E-state index contributed by atoms with van der Waals surface area (Å²) in [7, 11) is 0. The minimum Gasteiger partial charge on any atom is -0.372 e. The monoisotopic (exact) mass is 440 g/mol. The number of halogens is 1. The third kappa shape index (κ3) is 4.18. The highest BCUT2D eigenvalue weighted by molar-refractivity contribution is 6.01. The molecule has 0 fully saturated rings. The van der Waals surface area contributed by atoms with E-state index in [4.69, 9.17) is 0 Å². The minimum atomic E-state index is -0.325. The molecule has 0 spiro atoms. The fourth-order valence-corrected chi connectivity index (χ4v) is 4.89. The lowest BCUT2D eigenvalue weighted by Gasteiger charge is -2.30. The summed E-state index contributed by atoms with van der Waals surface area (Å²) in [5.74, 6) is -0.0333. The highest BCUT2D eigenvalue weighted by atomic mass is 19.1. The molecule has 33 heavy (non-hydrogen) atoms. The first-order valence-electron chi connectivity index (χ1n) is 11.5. The zero-order valence-electron chi connectivity index (χ0n) is 19.3. The molecule has 168 valence electrons. The Kier molecular flexibility index (Phi) is 5.32. The Morgan fingerprint density at radius 2 is 1.45 bits per heavy atom. The molecule has 0 unspecified atom stereocenters. The second-order valence-corrected chi connectivity index (χ2v) is 10.1. The zero-order valence-corrected chi connectivity index (χ0v) is 19.3. The van der Waals surface area contributed by atoms with Crippen LogP contribution in [0.3, 0.4) is 0 Å². The summed E-state index contributed by atoms with van der Waals surface area (Å²) in [6.45, 7) is 6.62. The van der Waals surface area contributed by atoms with Gasteiger partial charge in [0.15, 0.2) is 5.78 Å². The number of anilines is 2. The Morgan fingerprint density at radius 3 is 2.12 bits per heavy atom. The normalized spacial score (nSPS) is 20.3. The predicted octanol–water partition coefficient (Wildman–Crippen LogP) is 7.10. The van der Waals surface area contributed by atoms with E-state index in [1.54, 1.807) is 12.1 Å². The van der Waals surface area contributed by atoms with Gasteiger partial charge in [0, 0.05) is 17.7 Å². The molecular weight excluding hydrogens is 411 g/mol. The Morgan fingerprint density at radius 1 is 0.818 bits per heavy atom. The van der Waals surface area contributed by atoms with E-state index >= 15 is 0 Å². The number of fused-ring (bicyclic) bond motifs is 1. The van der Waals surface area contributed by atoms with E-state index in [9.17, 15) is 9.18 Å². The maximum absolute atomic E-state index is 13.6. The molecule has 1 heterocycles. The van der Waals surface area contributed by atoms with Gasteiger partial charge in [0.2, 0.25) is 0 Å². The first-order chi connectivity index (χ1) is 15.8. The van der Waals surface area contributed by atoms with E-state index < -0.39 is 0 Å². The van der Waals surface area contributed by atoms with Gasteiger partial charge in [0.05, 0.1) is 17.4 Å². The first-order valence-corrected chi connectivity index (χ1v) is 11.5. The zero-order chi connectivity index (χ0) is 23.2. The van der Waals surface area contributed by atoms with Crippen LogP contribution in [-0.4, -0.2) is 5.78 Å². The first kappa shape index (κ1) is 21.4. The largest absolute Gasteiger partial charge is 0.372 e. The fourth-order valence-electron chi connectivity index (χ4n) is 4.89. The van der Waals surface area contributed by atoms with Gasteiger partial charge in [-0.25, -0.2) is 4.39 Å². The summed E-state index contributed by atoms with van der Waals surface area (Å²) >= 11 is 0. The molecule has 0 aromatic heterocycles. The van der Waals surface area contributed by atoms with Gasteiger partial charge in [-0.2, -0.15) is 0 Å². The van der Waals surface area contributed by atoms with Crippen molar-refractivity contribution < 1.29 is 9.18 Å². The van der Waals surface area contributed by atoms with Gasteiger partial charge < -0.3 is 10.6 Å². The molecule has 3 nitrogen and oxygen atoms in total. The SMILES string of the molecule is CC(C)(C)c1ccc([C@@H]2CC(=O)C3=C(C2)Nc2ccccc2N[C@H]3c2ccc(F)cc2)cc1. The lowest BCUT2D eigenvalue weighted by atomic mass is 9.77. The number of carbonyl (C=O) groups is 1. The number of nitrogens with one attached hydrogen (secondary N) is 2. The molecule has 1 aliphatic carbocycles. The Balaban J connectivity index is 1.54. The maximum atomic E-state index is 13.6. The molecule has 2 atom stereocenters. The lowest BCUT2D eigenvalue weighted by Crippen LogP contribution is -2.27. The van der Waals surface area contributed by atoms with E-state index in [-0.39, 0.29) is 29.0 Å². The van der Waals surface area contributed by atoms with E-state index in [2.05, 4.69) is 55.7 Å². The second-order valence-electron chi connectivity index (χ2n) is 10.1. The van der Waals surface area contributed by atoms with E-state index in [1.165, 1.54) is 23.3 Å². The van der Waals surface area contributed by atoms with Crippen molar-refractivity contribution in [2.75, 3.05) is 10.6 Å². The predicted molar refractivity (Wildman–Crippen MR) is 132 cm³/mol. The molecule has 4 heteroatoms. The van der Waals surface area contributed by atoms with Crippen LogP contribution in [0.1, 0.15) is 62.3 Å². The Hall–Kier alpha value is -3.40. The number of benzene rings is 3. The third-order valence-electron chi connectivity index (χ3n) is 6.76. The van der Waals surface area contributed by atoms with E-state index in [0.29, 0.717) is 6.42 Å². The van der Waals surface area contributed by atoms with Gasteiger partial charge in [0.25, 0.3) is 0 Å². The molecule has 0 amide bonds. The number of rotatable bonds is 2. The highest BCUT2D eigenvalue weighted by Gasteiger charge is 2.36. The third-order valence-corrected chi connectivity index (χ3v) is 6.76. The summed E-state index contributed by atoms with van der Waals surface area (Å²) < 4.78 is 13.6. The standard InChI is InChI=1S/C29H29FN2O/c1-29(2,3)21-12-8-18(9-13-21)20-16-25-27(26(33)17-20)28(19-10-14-22(30)15-11-19)32-24-7-5-4-6-23(24)31-25/h4-15,20,28,31-32H,16-17H2,1-3H3/t20-,28-/m0/s1. The van der Waals surface area contributed by atoms with Crippen molar-refractivity contribution in [3.05, 3.63) is 107 Å². The van der Waals surface area contributed by atoms with Crippen molar-refractivity contribution in [1.82, 2.24) is 0 Å². The average Bonchev–Trinajstić information content (AvgIpc) is 2.96. The summed E-state index contributed by atoms with van der Waals surface area (Å²) in [5, 5.41) is 7.10. The number of ketones is 1. The van der Waals surface area contributed by atoms with Crippen LogP contribution in [0.15, 0.2) is 84.1 Å². The summed E-state index contributed by atoms with van der Waals surface area (Å²) in [4.78, 5) is 13.6. The van der Waals surface area contributed by atoms with Crippen molar-refractivity contribution in [1.29, 1.82) is 0 Å². The summed E-state index contributed by atoms with van der Waals surface area (Å²) in [6.07, 6.45) is 1.22. The molecule has 0 saturated heterocycles. The van der Waals surface area contributed by atoms with E-state index in [0.717, 1.165) is 34.6 Å². The van der Waals surface area contributed by atoms with Gasteiger partial charge in [-0.3, -0.25) is 4.79 Å². The van der Waals surface area contributed by atoms with Crippen LogP contribution in [0.2, 0.25) is 0 Å². The minimum absolute atomic E-state index is 0.0945. The van der Waals surface area contributed by atoms with Crippen molar-refractivity contribution >= 4 is 17.2 Å². The molecule has 3 aromatic rings. The molecule has 2 aliphatic rings. The van der Waals surface area contributed by atoms with E-state index in [1.807, 2.05) is 24.3 Å². The quantitative estimate of drug-likeness (QED) is 0.446. The number of para-hydroxylation sites is 2. The van der Waals surface area contributed by atoms with Crippen molar-refractivity contribution in [3.8, 4) is 0 Å². The number of Topliss-reactive ketones (excluding diaryl/α,β-unsaturated/α-hetero) is 1. The Labute approximate surface area is 194 Å². The molecule has 5 rings (SSSR count). The van der Waals surface area contributed by atoms with Crippen molar-refractivity contribution in [3.63, 3.8) is 0 Å². The van der Waals surface area contributed by atoms with Gasteiger partial charge >= 0.3 is 0 Å². The van der Waals surface area contributed by atoms with Crippen LogP contribution in [0.5, 0.6) is 0 Å². The number of carbonyl (C=O) groups excluding carboxylic acids is 1. The van der Waals surface area contributed by atoms with Crippen LogP contribution in [0, 0.1) is 5.82 Å². The summed E-state index contributed by atoms with van der Waals surface area (Å²) in [5.41, 5.74) is 7.03. The molecule has 2 N–H and O–H groups in total. The molecule has 0 radical (unpaired) electrons. The molecule has 1 aliphatic heterocycles. The average molecular weight is 441 g/mol. The van der Waals surface area contributed by atoms with Crippen molar-refractivity contribution in [2.24, 2.45) is 0 Å². The van der Waals surface area contributed by atoms with Crippen LogP contribution in [0.4, 0.5) is 15.8 Å². The smallest absolute Gasteiger partial charge is 0.163 e. The summed E-state index contributed by atoms with van der Waals surface area (Å²) in [6, 6.07) is 22.8. The van der Waals surface area contributed by atoms with Crippen LogP contribution < -0.4 is 10.6 Å². The number of hydrogen-bond donors (Lipinski definition) is 2. The number of hydrogen-bond acceptors (Lipinski definition) is 3. The van der Waals surface area contributed by atoms with Gasteiger partial charge in [0.1, 0.15) is 5.82 Å². The van der Waals surface area contributed by atoms with Crippen LogP contribution >= 0.6 is 0 Å². The number of allylic oxidation sites excluding steroid dienone is 1. The van der Waals surface area contributed by atoms with Gasteiger partial charge in [-0.15, -0.1) is 0 Å². The molecule has 0 bridgehead atoms. The van der Waals surface area contributed by atoms with Crippen LogP contribution in [-0.2, 0) is 10.2 Å². The maximum Gasteiger partial charge on any atom is 0.163 e. The topological polar surface area (TPSA) is 41.1 Å². The molecule has 0 saturated carbocycles. The molecular formula is C29H29FN2O. The van der Waals surface area contributed by atoms with Gasteiger partial charge in [-0.05, 0) is 58.7 Å². The second kappa shape index (κ2) is 8.18. The van der Waals surface area contributed by atoms with Gasteiger partial charge in [-0.1, -0.05) is 69.3 Å². The van der Waals surface area contributed by atoms with Crippen LogP contribution in [0.25, 0.3) is 0 Å².